The number of rotatable bonds is 1. The number of alkyl halides is 1. The van der Waals surface area contributed by atoms with Crippen LogP contribution in [-0.2, 0) is 18.3 Å². The lowest BCUT2D eigenvalue weighted by molar-refractivity contribution is 0.140. The molecule has 0 atom stereocenters. The van der Waals surface area contributed by atoms with E-state index < -0.39 is 6.09 Å². The van der Waals surface area contributed by atoms with Crippen LogP contribution in [0, 0.1) is 0 Å². The van der Waals surface area contributed by atoms with Gasteiger partial charge >= 0.3 is 6.09 Å². The number of nitrogens with zero attached hydrogens (tertiary/aromatic N) is 1. The summed E-state index contributed by atoms with van der Waals surface area (Å²) in [6.45, 7) is 1.12. The van der Waals surface area contributed by atoms with Crippen molar-refractivity contribution >= 4 is 22.0 Å². The van der Waals surface area contributed by atoms with Crippen LogP contribution in [0.25, 0.3) is 0 Å². The fourth-order valence-corrected chi connectivity index (χ4v) is 2.50. The Bertz CT molecular complexity index is 392. The molecule has 0 radical (unpaired) electrons. The van der Waals surface area contributed by atoms with E-state index in [1.54, 1.807) is 0 Å². The standard InChI is InChI=1S/C11H12BrNO2/c12-6-8-2-1-3-9-7-13(11(14)15)5-4-10(8)9/h1-3H,4-7H2,(H,14,15). The summed E-state index contributed by atoms with van der Waals surface area (Å²) in [6.07, 6.45) is -0.00598. The van der Waals surface area contributed by atoms with Crippen molar-refractivity contribution in [2.24, 2.45) is 0 Å². The summed E-state index contributed by atoms with van der Waals surface area (Å²) in [7, 11) is 0. The third kappa shape index (κ3) is 2.00. The van der Waals surface area contributed by atoms with Crippen LogP contribution in [-0.4, -0.2) is 22.6 Å². The molecule has 0 aliphatic carbocycles. The third-order valence-electron chi connectivity index (χ3n) is 2.78. The second kappa shape index (κ2) is 4.23. The van der Waals surface area contributed by atoms with Gasteiger partial charge in [0, 0.05) is 18.4 Å². The summed E-state index contributed by atoms with van der Waals surface area (Å²) in [4.78, 5) is 12.3. The van der Waals surface area contributed by atoms with Crippen LogP contribution in [0.3, 0.4) is 0 Å². The average Bonchev–Trinajstić information content (AvgIpc) is 2.27. The Morgan fingerprint density at radius 2 is 2.33 bits per heavy atom. The van der Waals surface area contributed by atoms with Crippen molar-refractivity contribution in [3.8, 4) is 0 Å². The lowest BCUT2D eigenvalue weighted by Crippen LogP contribution is -2.35. The molecular weight excluding hydrogens is 258 g/mol. The van der Waals surface area contributed by atoms with Gasteiger partial charge in [-0.25, -0.2) is 4.79 Å². The number of fused-ring (bicyclic) bond motifs is 1. The lowest BCUT2D eigenvalue weighted by atomic mass is 9.95. The van der Waals surface area contributed by atoms with E-state index in [1.165, 1.54) is 16.0 Å². The molecule has 4 heteroatoms. The van der Waals surface area contributed by atoms with Gasteiger partial charge in [0.05, 0.1) is 0 Å². The number of carbonyl (C=O) groups is 1. The predicted molar refractivity (Wildman–Crippen MR) is 61.2 cm³/mol. The number of hydrogen-bond acceptors (Lipinski definition) is 1. The van der Waals surface area contributed by atoms with Crippen LogP contribution in [0.2, 0.25) is 0 Å². The van der Waals surface area contributed by atoms with Gasteiger partial charge in [-0.3, -0.25) is 0 Å². The Hall–Kier alpha value is -1.03. The number of hydrogen-bond donors (Lipinski definition) is 1. The highest BCUT2D eigenvalue weighted by molar-refractivity contribution is 9.08. The molecule has 0 saturated carbocycles. The van der Waals surface area contributed by atoms with Crippen molar-refractivity contribution in [3.05, 3.63) is 34.9 Å². The van der Waals surface area contributed by atoms with Crippen molar-refractivity contribution in [1.29, 1.82) is 0 Å². The molecule has 2 rings (SSSR count). The van der Waals surface area contributed by atoms with Gasteiger partial charge in [0.1, 0.15) is 0 Å². The minimum Gasteiger partial charge on any atom is -0.465 e. The zero-order valence-corrected chi connectivity index (χ0v) is 9.83. The van der Waals surface area contributed by atoms with Gasteiger partial charge < -0.3 is 10.0 Å². The average molecular weight is 270 g/mol. The zero-order chi connectivity index (χ0) is 10.8. The van der Waals surface area contributed by atoms with Crippen molar-refractivity contribution in [3.63, 3.8) is 0 Å². The van der Waals surface area contributed by atoms with Crippen molar-refractivity contribution in [1.82, 2.24) is 4.90 Å². The number of carboxylic acid groups (broad SMARTS) is 1. The molecule has 0 saturated heterocycles. The summed E-state index contributed by atoms with van der Waals surface area (Å²) in [6, 6.07) is 6.08. The molecule has 0 fully saturated rings. The molecule has 0 bridgehead atoms. The fraction of sp³-hybridized carbons (Fsp3) is 0.364. The van der Waals surface area contributed by atoms with Crippen LogP contribution in [0.5, 0.6) is 0 Å². The van der Waals surface area contributed by atoms with E-state index in [0.717, 1.165) is 17.3 Å². The fourth-order valence-electron chi connectivity index (χ4n) is 1.98. The minimum absolute atomic E-state index is 0.519. The summed E-state index contributed by atoms with van der Waals surface area (Å²) in [5.41, 5.74) is 3.73. The van der Waals surface area contributed by atoms with E-state index in [-0.39, 0.29) is 0 Å². The van der Waals surface area contributed by atoms with Crippen molar-refractivity contribution in [2.75, 3.05) is 6.54 Å². The summed E-state index contributed by atoms with van der Waals surface area (Å²) >= 11 is 3.45. The molecule has 1 aromatic carbocycles. The first-order valence-corrected chi connectivity index (χ1v) is 5.98. The molecule has 80 valence electrons. The van der Waals surface area contributed by atoms with E-state index in [4.69, 9.17) is 5.11 Å². The Labute approximate surface area is 96.8 Å². The predicted octanol–water partition coefficient (Wildman–Crippen LogP) is 2.62. The molecule has 0 spiro atoms. The summed E-state index contributed by atoms with van der Waals surface area (Å²) in [5, 5.41) is 9.74. The smallest absolute Gasteiger partial charge is 0.407 e. The highest BCUT2D eigenvalue weighted by Crippen LogP contribution is 2.23. The van der Waals surface area contributed by atoms with E-state index in [9.17, 15) is 4.79 Å². The van der Waals surface area contributed by atoms with E-state index in [2.05, 4.69) is 22.0 Å². The van der Waals surface area contributed by atoms with Crippen LogP contribution in [0.15, 0.2) is 18.2 Å². The van der Waals surface area contributed by atoms with Crippen LogP contribution < -0.4 is 0 Å². The van der Waals surface area contributed by atoms with Gasteiger partial charge in [0.15, 0.2) is 0 Å². The zero-order valence-electron chi connectivity index (χ0n) is 8.24. The monoisotopic (exact) mass is 269 g/mol. The Morgan fingerprint density at radius 3 is 3.00 bits per heavy atom. The first kappa shape index (κ1) is 10.5. The molecular formula is C11H12BrNO2. The number of benzene rings is 1. The van der Waals surface area contributed by atoms with Gasteiger partial charge in [0.2, 0.25) is 0 Å². The third-order valence-corrected chi connectivity index (χ3v) is 3.38. The second-order valence-electron chi connectivity index (χ2n) is 3.64. The number of halogens is 1. The molecule has 1 heterocycles. The maximum Gasteiger partial charge on any atom is 0.407 e. The molecule has 1 N–H and O–H groups in total. The highest BCUT2D eigenvalue weighted by atomic mass is 79.9. The van der Waals surface area contributed by atoms with Crippen LogP contribution in [0.4, 0.5) is 4.79 Å². The number of amides is 1. The molecule has 1 aromatic rings. The van der Waals surface area contributed by atoms with Crippen LogP contribution in [0.1, 0.15) is 16.7 Å². The van der Waals surface area contributed by atoms with Gasteiger partial charge in [0.25, 0.3) is 0 Å². The van der Waals surface area contributed by atoms with Crippen molar-refractivity contribution < 1.29 is 9.90 Å². The first-order chi connectivity index (χ1) is 7.22. The summed E-state index contributed by atoms with van der Waals surface area (Å²) < 4.78 is 0. The van der Waals surface area contributed by atoms with Gasteiger partial charge in [-0.15, -0.1) is 0 Å². The Balaban J connectivity index is 2.31. The van der Waals surface area contributed by atoms with Crippen molar-refractivity contribution in [2.45, 2.75) is 18.3 Å². The van der Waals surface area contributed by atoms with E-state index in [1.807, 2.05) is 12.1 Å². The first-order valence-electron chi connectivity index (χ1n) is 4.86. The van der Waals surface area contributed by atoms with Gasteiger partial charge in [-0.05, 0) is 23.1 Å². The molecule has 1 aliphatic heterocycles. The van der Waals surface area contributed by atoms with E-state index in [0.29, 0.717) is 13.1 Å². The summed E-state index contributed by atoms with van der Waals surface area (Å²) in [5.74, 6) is 0. The topological polar surface area (TPSA) is 40.5 Å². The normalized spacial score (nSPS) is 14.9. The van der Waals surface area contributed by atoms with E-state index >= 15 is 0 Å². The molecule has 15 heavy (non-hydrogen) atoms. The Morgan fingerprint density at radius 1 is 1.53 bits per heavy atom. The van der Waals surface area contributed by atoms with Gasteiger partial charge in [-0.1, -0.05) is 34.1 Å². The maximum atomic E-state index is 10.8. The quantitative estimate of drug-likeness (QED) is 0.797. The lowest BCUT2D eigenvalue weighted by Gasteiger charge is -2.27. The highest BCUT2D eigenvalue weighted by Gasteiger charge is 2.21. The van der Waals surface area contributed by atoms with Crippen LogP contribution >= 0.6 is 15.9 Å². The van der Waals surface area contributed by atoms with Gasteiger partial charge in [-0.2, -0.15) is 0 Å². The molecule has 0 aromatic heterocycles. The molecule has 1 aliphatic rings. The largest absolute Gasteiger partial charge is 0.465 e. The molecule has 0 unspecified atom stereocenters. The minimum atomic E-state index is -0.829. The SMILES string of the molecule is O=C(O)N1CCc2c(CBr)cccc2C1. The second-order valence-corrected chi connectivity index (χ2v) is 4.20. The molecule has 1 amide bonds. The molecule has 3 nitrogen and oxygen atoms in total. The maximum absolute atomic E-state index is 10.8. The Kier molecular flexibility index (Phi) is 2.95.